The molecule has 1 amide bonds. The number of carbonyl (C=O) groups excluding carboxylic acids is 1. The Morgan fingerprint density at radius 1 is 1.12 bits per heavy atom. The maximum absolute atomic E-state index is 12.6. The van der Waals surface area contributed by atoms with Gasteiger partial charge in [-0.3, -0.25) is 4.79 Å². The van der Waals surface area contributed by atoms with E-state index in [1.54, 1.807) is 0 Å². The highest BCUT2D eigenvalue weighted by Crippen LogP contribution is 2.35. The number of fused-ring (bicyclic) bond motifs is 1. The molecule has 1 fully saturated rings. The number of amides is 1. The highest BCUT2D eigenvalue weighted by atomic mass is 16.5. The van der Waals surface area contributed by atoms with E-state index in [0.29, 0.717) is 13.2 Å². The standard InChI is InChI=1S/C21H24N2O2/c22-13-17-10-11-25-20(17)21(24)23-19-9-8-15-6-7-16(12-18(15)19)14-4-2-1-3-5-14/h1-7,12,17,19-20H,8-11,13,22H2,(H,23,24)/t17-,19?,20-/m0/s1. The summed E-state index contributed by atoms with van der Waals surface area (Å²) in [7, 11) is 0. The van der Waals surface area contributed by atoms with Gasteiger partial charge in [0.25, 0.3) is 0 Å². The van der Waals surface area contributed by atoms with Gasteiger partial charge in [-0.15, -0.1) is 0 Å². The van der Waals surface area contributed by atoms with E-state index in [9.17, 15) is 4.79 Å². The van der Waals surface area contributed by atoms with Crippen LogP contribution in [0.1, 0.15) is 30.0 Å². The first kappa shape index (κ1) is 16.3. The highest BCUT2D eigenvalue weighted by molar-refractivity contribution is 5.82. The summed E-state index contributed by atoms with van der Waals surface area (Å²) in [5.74, 6) is 0.118. The van der Waals surface area contributed by atoms with E-state index in [1.165, 1.54) is 22.3 Å². The quantitative estimate of drug-likeness (QED) is 0.902. The van der Waals surface area contributed by atoms with Gasteiger partial charge >= 0.3 is 0 Å². The SMILES string of the molecule is NC[C@@H]1CCO[C@@H]1C(=O)NC1CCc2ccc(-c3ccccc3)cc21. The van der Waals surface area contributed by atoms with Crippen molar-refractivity contribution in [3.05, 3.63) is 59.7 Å². The monoisotopic (exact) mass is 336 g/mol. The van der Waals surface area contributed by atoms with Gasteiger partial charge in [-0.1, -0.05) is 42.5 Å². The van der Waals surface area contributed by atoms with E-state index in [1.807, 2.05) is 18.2 Å². The van der Waals surface area contributed by atoms with Gasteiger partial charge in [0.05, 0.1) is 6.04 Å². The van der Waals surface area contributed by atoms with Crippen LogP contribution in [0.3, 0.4) is 0 Å². The lowest BCUT2D eigenvalue weighted by Gasteiger charge is -2.21. The Labute approximate surface area is 148 Å². The van der Waals surface area contributed by atoms with Crippen LogP contribution in [0.4, 0.5) is 0 Å². The van der Waals surface area contributed by atoms with E-state index < -0.39 is 6.10 Å². The molecule has 3 N–H and O–H groups in total. The third-order valence-corrected chi connectivity index (χ3v) is 5.42. The molecule has 0 bridgehead atoms. The first-order valence-electron chi connectivity index (χ1n) is 9.06. The van der Waals surface area contributed by atoms with Crippen LogP contribution in [0.15, 0.2) is 48.5 Å². The molecule has 2 aliphatic rings. The van der Waals surface area contributed by atoms with E-state index >= 15 is 0 Å². The maximum Gasteiger partial charge on any atom is 0.249 e. The third-order valence-electron chi connectivity index (χ3n) is 5.42. The van der Waals surface area contributed by atoms with E-state index in [0.717, 1.165) is 19.3 Å². The third kappa shape index (κ3) is 3.20. The molecule has 4 nitrogen and oxygen atoms in total. The predicted molar refractivity (Wildman–Crippen MR) is 98.0 cm³/mol. The molecule has 1 saturated heterocycles. The molecule has 4 rings (SSSR count). The zero-order valence-corrected chi connectivity index (χ0v) is 14.3. The Morgan fingerprint density at radius 3 is 2.76 bits per heavy atom. The molecular weight excluding hydrogens is 312 g/mol. The topological polar surface area (TPSA) is 64.3 Å². The number of hydrogen-bond donors (Lipinski definition) is 2. The van der Waals surface area contributed by atoms with Crippen molar-refractivity contribution in [2.75, 3.05) is 13.2 Å². The van der Waals surface area contributed by atoms with Crippen LogP contribution >= 0.6 is 0 Å². The number of aryl methyl sites for hydroxylation is 1. The molecule has 2 aromatic carbocycles. The first-order chi connectivity index (χ1) is 12.3. The van der Waals surface area contributed by atoms with E-state index in [-0.39, 0.29) is 17.9 Å². The number of carbonyl (C=O) groups is 1. The Kier molecular flexibility index (Phi) is 4.55. The van der Waals surface area contributed by atoms with Crippen molar-refractivity contribution >= 4 is 5.91 Å². The van der Waals surface area contributed by atoms with Crippen LogP contribution in [-0.2, 0) is 16.0 Å². The summed E-state index contributed by atoms with van der Waals surface area (Å²) >= 11 is 0. The van der Waals surface area contributed by atoms with Crippen molar-refractivity contribution in [1.82, 2.24) is 5.32 Å². The molecule has 0 saturated carbocycles. The summed E-state index contributed by atoms with van der Waals surface area (Å²) in [5.41, 5.74) is 10.7. The van der Waals surface area contributed by atoms with Gasteiger partial charge in [0.2, 0.25) is 5.91 Å². The minimum atomic E-state index is -0.397. The van der Waals surface area contributed by atoms with Gasteiger partial charge in [-0.2, -0.15) is 0 Å². The largest absolute Gasteiger partial charge is 0.368 e. The Balaban J connectivity index is 1.54. The number of nitrogens with one attached hydrogen (secondary N) is 1. The average molecular weight is 336 g/mol. The lowest BCUT2D eigenvalue weighted by atomic mass is 9.98. The molecule has 0 spiro atoms. The van der Waals surface area contributed by atoms with Crippen molar-refractivity contribution in [3.63, 3.8) is 0 Å². The number of ether oxygens (including phenoxy) is 1. The first-order valence-corrected chi connectivity index (χ1v) is 9.06. The Morgan fingerprint density at radius 2 is 1.96 bits per heavy atom. The maximum atomic E-state index is 12.6. The summed E-state index contributed by atoms with van der Waals surface area (Å²) in [6.07, 6.45) is 2.42. The van der Waals surface area contributed by atoms with Crippen LogP contribution in [0.2, 0.25) is 0 Å². The van der Waals surface area contributed by atoms with Crippen LogP contribution in [0.5, 0.6) is 0 Å². The van der Waals surface area contributed by atoms with Crippen LogP contribution in [0.25, 0.3) is 11.1 Å². The van der Waals surface area contributed by atoms with Gasteiger partial charge in [0.15, 0.2) is 0 Å². The van der Waals surface area contributed by atoms with Crippen molar-refractivity contribution in [2.24, 2.45) is 11.7 Å². The zero-order valence-electron chi connectivity index (χ0n) is 14.3. The van der Waals surface area contributed by atoms with E-state index in [4.69, 9.17) is 10.5 Å². The molecule has 2 aromatic rings. The molecule has 1 unspecified atom stereocenters. The lowest BCUT2D eigenvalue weighted by molar-refractivity contribution is -0.132. The van der Waals surface area contributed by atoms with Crippen LogP contribution in [-0.4, -0.2) is 25.2 Å². The molecule has 0 aromatic heterocycles. The molecule has 1 aliphatic heterocycles. The second-order valence-corrected chi connectivity index (χ2v) is 6.96. The molecule has 3 atom stereocenters. The molecule has 1 heterocycles. The summed E-state index contributed by atoms with van der Waals surface area (Å²) in [6.45, 7) is 1.12. The van der Waals surface area contributed by atoms with Gasteiger partial charge in [-0.05, 0) is 54.1 Å². The number of rotatable bonds is 4. The lowest BCUT2D eigenvalue weighted by Crippen LogP contribution is -2.41. The number of hydrogen-bond acceptors (Lipinski definition) is 3. The summed E-state index contributed by atoms with van der Waals surface area (Å²) in [5, 5.41) is 3.20. The number of benzene rings is 2. The highest BCUT2D eigenvalue weighted by Gasteiger charge is 2.35. The van der Waals surface area contributed by atoms with Crippen molar-refractivity contribution in [3.8, 4) is 11.1 Å². The van der Waals surface area contributed by atoms with Crippen molar-refractivity contribution < 1.29 is 9.53 Å². The van der Waals surface area contributed by atoms with E-state index in [2.05, 4.69) is 35.6 Å². The average Bonchev–Trinajstić information content (AvgIpc) is 3.29. The molecule has 4 heteroatoms. The van der Waals surface area contributed by atoms with Crippen LogP contribution < -0.4 is 11.1 Å². The van der Waals surface area contributed by atoms with Gasteiger partial charge in [0.1, 0.15) is 6.10 Å². The van der Waals surface area contributed by atoms with Crippen molar-refractivity contribution in [1.29, 1.82) is 0 Å². The minimum Gasteiger partial charge on any atom is -0.368 e. The second-order valence-electron chi connectivity index (χ2n) is 6.96. The number of nitrogens with two attached hydrogens (primary N) is 1. The van der Waals surface area contributed by atoms with Crippen molar-refractivity contribution in [2.45, 2.75) is 31.4 Å². The predicted octanol–water partition coefficient (Wildman–Crippen LogP) is 2.82. The summed E-state index contributed by atoms with van der Waals surface area (Å²) in [6, 6.07) is 17.0. The molecule has 1 aliphatic carbocycles. The Hall–Kier alpha value is -2.17. The molecular formula is C21H24N2O2. The smallest absolute Gasteiger partial charge is 0.249 e. The van der Waals surface area contributed by atoms with Gasteiger partial charge < -0.3 is 15.8 Å². The normalized spacial score (nSPS) is 24.9. The summed E-state index contributed by atoms with van der Waals surface area (Å²) in [4.78, 5) is 12.6. The fourth-order valence-corrected chi connectivity index (χ4v) is 3.98. The van der Waals surface area contributed by atoms with Gasteiger partial charge in [-0.25, -0.2) is 0 Å². The zero-order chi connectivity index (χ0) is 17.2. The van der Waals surface area contributed by atoms with Crippen LogP contribution in [0, 0.1) is 5.92 Å². The second kappa shape index (κ2) is 6.98. The Bertz CT molecular complexity index is 760. The molecule has 25 heavy (non-hydrogen) atoms. The summed E-state index contributed by atoms with van der Waals surface area (Å²) < 4.78 is 5.62. The molecule has 0 radical (unpaired) electrons. The molecule has 130 valence electrons. The fraction of sp³-hybridized carbons (Fsp3) is 0.381. The minimum absolute atomic E-state index is 0.0177. The fourth-order valence-electron chi connectivity index (χ4n) is 3.98. The van der Waals surface area contributed by atoms with Gasteiger partial charge in [0, 0.05) is 12.5 Å².